The van der Waals surface area contributed by atoms with Gasteiger partial charge in [0, 0.05) is 25.8 Å². The zero-order valence-corrected chi connectivity index (χ0v) is 8.08. The third-order valence-corrected chi connectivity index (χ3v) is 2.40. The molecule has 1 aliphatic heterocycles. The van der Waals surface area contributed by atoms with Gasteiger partial charge in [-0.15, -0.1) is 0 Å². The maximum atomic E-state index is 11.3. The molecular weight excluding hydrogens is 178 g/mol. The van der Waals surface area contributed by atoms with Crippen LogP contribution in [0.15, 0.2) is 18.2 Å². The molecule has 0 unspecified atom stereocenters. The van der Waals surface area contributed by atoms with Gasteiger partial charge in [-0.05, 0) is 17.2 Å². The Morgan fingerprint density at radius 2 is 2.36 bits per heavy atom. The molecule has 1 aromatic carbocycles. The van der Waals surface area contributed by atoms with Gasteiger partial charge in [0.05, 0.1) is 0 Å². The minimum Gasteiger partial charge on any atom is -0.326 e. The van der Waals surface area contributed by atoms with E-state index in [1.165, 1.54) is 0 Å². The smallest absolute Gasteiger partial charge is 0.321 e. The van der Waals surface area contributed by atoms with E-state index in [1.54, 1.807) is 11.9 Å². The first-order chi connectivity index (χ1) is 6.70. The standard InChI is InChI=1S/C10H13N3O/c1-13-6-8-4-7(5-11)2-3-9(8)12-10(13)14/h2-4H,5-6,11H2,1H3,(H,12,14). The van der Waals surface area contributed by atoms with Crippen LogP contribution in [0.3, 0.4) is 0 Å². The molecule has 14 heavy (non-hydrogen) atoms. The van der Waals surface area contributed by atoms with Gasteiger partial charge in [-0.3, -0.25) is 0 Å². The van der Waals surface area contributed by atoms with Gasteiger partial charge in [-0.1, -0.05) is 12.1 Å². The summed E-state index contributed by atoms with van der Waals surface area (Å²) in [5, 5.41) is 2.81. The molecule has 0 aromatic heterocycles. The largest absolute Gasteiger partial charge is 0.326 e. The molecule has 1 heterocycles. The number of fused-ring (bicyclic) bond motifs is 1. The summed E-state index contributed by atoms with van der Waals surface area (Å²) >= 11 is 0. The predicted octanol–water partition coefficient (Wildman–Crippen LogP) is 1.12. The third-order valence-electron chi connectivity index (χ3n) is 2.40. The lowest BCUT2D eigenvalue weighted by Crippen LogP contribution is -2.35. The highest BCUT2D eigenvalue weighted by Crippen LogP contribution is 2.23. The summed E-state index contributed by atoms with van der Waals surface area (Å²) in [6.07, 6.45) is 0. The molecule has 2 amide bonds. The van der Waals surface area contributed by atoms with Crippen molar-refractivity contribution in [3.05, 3.63) is 29.3 Å². The maximum absolute atomic E-state index is 11.3. The molecule has 1 aromatic rings. The molecule has 3 N–H and O–H groups in total. The summed E-state index contributed by atoms with van der Waals surface area (Å²) in [7, 11) is 1.77. The number of hydrogen-bond donors (Lipinski definition) is 2. The molecule has 0 radical (unpaired) electrons. The van der Waals surface area contributed by atoms with Gasteiger partial charge in [0.25, 0.3) is 0 Å². The van der Waals surface area contributed by atoms with Gasteiger partial charge in [0.2, 0.25) is 0 Å². The fraction of sp³-hybridized carbons (Fsp3) is 0.300. The molecule has 0 saturated carbocycles. The lowest BCUT2D eigenvalue weighted by molar-refractivity contribution is 0.218. The molecule has 0 fully saturated rings. The number of anilines is 1. The first kappa shape index (κ1) is 9.02. The van der Waals surface area contributed by atoms with E-state index >= 15 is 0 Å². The molecule has 2 rings (SSSR count). The topological polar surface area (TPSA) is 58.4 Å². The zero-order valence-electron chi connectivity index (χ0n) is 8.08. The number of carbonyl (C=O) groups excluding carboxylic acids is 1. The van der Waals surface area contributed by atoms with E-state index in [9.17, 15) is 4.79 Å². The molecule has 74 valence electrons. The summed E-state index contributed by atoms with van der Waals surface area (Å²) in [6, 6.07) is 5.82. The molecule has 1 aliphatic rings. The van der Waals surface area contributed by atoms with Crippen LogP contribution in [-0.2, 0) is 13.1 Å². The summed E-state index contributed by atoms with van der Waals surface area (Å²) < 4.78 is 0. The fourth-order valence-electron chi connectivity index (χ4n) is 1.56. The van der Waals surface area contributed by atoms with Crippen LogP contribution in [0.5, 0.6) is 0 Å². The quantitative estimate of drug-likeness (QED) is 0.699. The zero-order chi connectivity index (χ0) is 10.1. The molecule has 0 saturated heterocycles. The van der Waals surface area contributed by atoms with Crippen LogP contribution >= 0.6 is 0 Å². The van der Waals surface area contributed by atoms with Gasteiger partial charge in [0.1, 0.15) is 0 Å². The van der Waals surface area contributed by atoms with Gasteiger partial charge in [-0.25, -0.2) is 4.79 Å². The third kappa shape index (κ3) is 1.44. The number of hydrogen-bond acceptors (Lipinski definition) is 2. The Morgan fingerprint density at radius 1 is 1.57 bits per heavy atom. The maximum Gasteiger partial charge on any atom is 0.321 e. The van der Waals surface area contributed by atoms with Crippen LogP contribution in [0, 0.1) is 0 Å². The second-order valence-corrected chi connectivity index (χ2v) is 3.48. The van der Waals surface area contributed by atoms with Crippen LogP contribution in [-0.4, -0.2) is 18.0 Å². The number of urea groups is 1. The summed E-state index contributed by atoms with van der Waals surface area (Å²) in [5.74, 6) is 0. The highest BCUT2D eigenvalue weighted by Gasteiger charge is 2.18. The lowest BCUT2D eigenvalue weighted by Gasteiger charge is -2.26. The van der Waals surface area contributed by atoms with Crippen molar-refractivity contribution in [1.82, 2.24) is 4.90 Å². The first-order valence-electron chi connectivity index (χ1n) is 4.54. The van der Waals surface area contributed by atoms with Gasteiger partial charge < -0.3 is 16.0 Å². The fourth-order valence-corrected chi connectivity index (χ4v) is 1.56. The van der Waals surface area contributed by atoms with E-state index in [-0.39, 0.29) is 6.03 Å². The number of nitrogens with two attached hydrogens (primary N) is 1. The van der Waals surface area contributed by atoms with E-state index in [1.807, 2.05) is 18.2 Å². The van der Waals surface area contributed by atoms with Crippen LogP contribution in [0.2, 0.25) is 0 Å². The molecular formula is C10H13N3O. The lowest BCUT2D eigenvalue weighted by atomic mass is 10.1. The Bertz CT molecular complexity index is 376. The number of benzene rings is 1. The predicted molar refractivity (Wildman–Crippen MR) is 54.8 cm³/mol. The van der Waals surface area contributed by atoms with Crippen molar-refractivity contribution in [2.45, 2.75) is 13.1 Å². The van der Waals surface area contributed by atoms with Crippen molar-refractivity contribution in [3.63, 3.8) is 0 Å². The van der Waals surface area contributed by atoms with Crippen molar-refractivity contribution in [2.75, 3.05) is 12.4 Å². The normalized spacial score (nSPS) is 15.0. The van der Waals surface area contributed by atoms with Gasteiger partial charge in [-0.2, -0.15) is 0 Å². The summed E-state index contributed by atoms with van der Waals surface area (Å²) in [5.41, 5.74) is 8.65. The molecule has 4 nitrogen and oxygen atoms in total. The summed E-state index contributed by atoms with van der Waals surface area (Å²) in [6.45, 7) is 1.18. The number of amides is 2. The molecule has 0 spiro atoms. The van der Waals surface area contributed by atoms with Crippen LogP contribution in [0.4, 0.5) is 10.5 Å². The number of rotatable bonds is 1. The first-order valence-corrected chi connectivity index (χ1v) is 4.54. The molecule has 0 bridgehead atoms. The Morgan fingerprint density at radius 3 is 3.07 bits per heavy atom. The molecule has 4 heteroatoms. The van der Waals surface area contributed by atoms with E-state index in [2.05, 4.69) is 5.32 Å². The van der Waals surface area contributed by atoms with E-state index in [0.29, 0.717) is 13.1 Å². The Hall–Kier alpha value is -1.55. The van der Waals surface area contributed by atoms with Crippen molar-refractivity contribution in [2.24, 2.45) is 5.73 Å². The van der Waals surface area contributed by atoms with Crippen molar-refractivity contribution in [3.8, 4) is 0 Å². The number of nitrogens with one attached hydrogen (secondary N) is 1. The number of nitrogens with zero attached hydrogens (tertiary/aromatic N) is 1. The second-order valence-electron chi connectivity index (χ2n) is 3.48. The highest BCUT2D eigenvalue weighted by molar-refractivity contribution is 5.92. The molecule has 0 atom stereocenters. The second kappa shape index (κ2) is 3.31. The van der Waals surface area contributed by atoms with Crippen molar-refractivity contribution >= 4 is 11.7 Å². The van der Waals surface area contributed by atoms with Gasteiger partial charge in [0.15, 0.2) is 0 Å². The van der Waals surface area contributed by atoms with E-state index in [4.69, 9.17) is 5.73 Å². The minimum atomic E-state index is -0.0574. The van der Waals surface area contributed by atoms with Gasteiger partial charge >= 0.3 is 6.03 Å². The van der Waals surface area contributed by atoms with Crippen molar-refractivity contribution in [1.29, 1.82) is 0 Å². The Balaban J connectivity index is 2.37. The van der Waals surface area contributed by atoms with E-state index in [0.717, 1.165) is 16.8 Å². The average Bonchev–Trinajstić information content (AvgIpc) is 2.19. The molecule has 0 aliphatic carbocycles. The summed E-state index contributed by atoms with van der Waals surface area (Å²) in [4.78, 5) is 12.9. The average molecular weight is 191 g/mol. The number of carbonyl (C=O) groups is 1. The monoisotopic (exact) mass is 191 g/mol. The Labute approximate surface area is 82.7 Å². The minimum absolute atomic E-state index is 0.0574. The van der Waals surface area contributed by atoms with Crippen LogP contribution in [0.1, 0.15) is 11.1 Å². The highest BCUT2D eigenvalue weighted by atomic mass is 16.2. The van der Waals surface area contributed by atoms with E-state index < -0.39 is 0 Å². The van der Waals surface area contributed by atoms with Crippen molar-refractivity contribution < 1.29 is 4.79 Å². The Kier molecular flexibility index (Phi) is 2.13. The SMILES string of the molecule is CN1Cc2cc(CN)ccc2NC1=O. The van der Waals surface area contributed by atoms with Crippen LogP contribution in [0.25, 0.3) is 0 Å². The van der Waals surface area contributed by atoms with Crippen LogP contribution < -0.4 is 11.1 Å².